The normalized spacial score (nSPS) is 18.5. The van der Waals surface area contributed by atoms with Gasteiger partial charge >= 0.3 is 0 Å². The monoisotopic (exact) mass is 400 g/mol. The lowest BCUT2D eigenvalue weighted by Crippen LogP contribution is -2.60. The van der Waals surface area contributed by atoms with E-state index in [1.165, 1.54) is 50.2 Å². The number of nitrogens with zero attached hydrogens (tertiary/aromatic N) is 1. The minimum atomic E-state index is -0.0546. The molecule has 4 aromatic rings. The number of aromatic nitrogens is 1. The van der Waals surface area contributed by atoms with E-state index in [0.29, 0.717) is 5.92 Å². The summed E-state index contributed by atoms with van der Waals surface area (Å²) in [4.78, 5) is 0. The molecule has 1 unspecified atom stereocenters. The molecular formula is C30H26N+. The second-order valence-corrected chi connectivity index (χ2v) is 10.00. The Morgan fingerprint density at radius 3 is 2.52 bits per heavy atom. The van der Waals surface area contributed by atoms with Gasteiger partial charge in [0, 0.05) is 37.5 Å². The highest BCUT2D eigenvalue weighted by molar-refractivity contribution is 5.80. The molecule has 1 nitrogen and oxygen atoms in total. The predicted octanol–water partition coefficient (Wildman–Crippen LogP) is 6.03. The Hall–Kier alpha value is -3.19. The van der Waals surface area contributed by atoms with E-state index in [2.05, 4.69) is 98.3 Å². The number of benzene rings is 3. The van der Waals surface area contributed by atoms with Crippen molar-refractivity contribution in [2.24, 2.45) is 0 Å². The van der Waals surface area contributed by atoms with Gasteiger partial charge in [0.05, 0.1) is 5.92 Å². The summed E-state index contributed by atoms with van der Waals surface area (Å²) in [6, 6.07) is 25.3. The van der Waals surface area contributed by atoms with Crippen LogP contribution in [0.2, 0.25) is 0 Å². The molecule has 31 heavy (non-hydrogen) atoms. The molecule has 0 spiro atoms. The van der Waals surface area contributed by atoms with Crippen LogP contribution >= 0.6 is 0 Å². The Kier molecular flexibility index (Phi) is 3.23. The molecule has 0 N–H and O–H groups in total. The van der Waals surface area contributed by atoms with E-state index in [1.54, 1.807) is 11.1 Å². The third-order valence-electron chi connectivity index (χ3n) is 8.02. The zero-order chi connectivity index (χ0) is 20.9. The van der Waals surface area contributed by atoms with E-state index in [0.717, 1.165) is 12.8 Å². The van der Waals surface area contributed by atoms with Crippen molar-refractivity contribution < 1.29 is 4.57 Å². The molecule has 0 saturated heterocycles. The van der Waals surface area contributed by atoms with Gasteiger partial charge in [-0.15, -0.1) is 0 Å². The van der Waals surface area contributed by atoms with Gasteiger partial charge in [0.15, 0.2) is 17.4 Å². The maximum absolute atomic E-state index is 2.58. The van der Waals surface area contributed by atoms with Crippen molar-refractivity contribution in [1.29, 1.82) is 0 Å². The molecule has 3 aliphatic rings. The van der Waals surface area contributed by atoms with Crippen molar-refractivity contribution >= 4 is 0 Å². The molecule has 1 aromatic heterocycles. The van der Waals surface area contributed by atoms with Gasteiger partial charge < -0.3 is 0 Å². The van der Waals surface area contributed by atoms with E-state index in [1.807, 2.05) is 0 Å². The number of pyridine rings is 1. The van der Waals surface area contributed by atoms with E-state index < -0.39 is 0 Å². The van der Waals surface area contributed by atoms with Gasteiger partial charge in [-0.05, 0) is 63.9 Å². The van der Waals surface area contributed by atoms with Crippen molar-refractivity contribution in [3.8, 4) is 11.1 Å². The third kappa shape index (κ3) is 2.09. The van der Waals surface area contributed by atoms with Gasteiger partial charge in [-0.3, -0.25) is 0 Å². The minimum Gasteiger partial charge on any atom is -0.192 e. The molecule has 0 radical (unpaired) electrons. The van der Waals surface area contributed by atoms with Gasteiger partial charge in [0.25, 0.3) is 0 Å². The van der Waals surface area contributed by atoms with Crippen LogP contribution in [0.5, 0.6) is 0 Å². The highest BCUT2D eigenvalue weighted by Crippen LogP contribution is 2.51. The molecule has 0 bridgehead atoms. The lowest BCUT2D eigenvalue weighted by Gasteiger charge is -2.39. The van der Waals surface area contributed by atoms with Crippen LogP contribution in [0.15, 0.2) is 72.9 Å². The summed E-state index contributed by atoms with van der Waals surface area (Å²) in [7, 11) is 0. The molecule has 1 atom stereocenters. The first-order valence-electron chi connectivity index (χ1n) is 11.4. The summed E-state index contributed by atoms with van der Waals surface area (Å²) >= 11 is 0. The average molecular weight is 401 g/mol. The van der Waals surface area contributed by atoms with Crippen LogP contribution in [-0.2, 0) is 18.4 Å². The molecule has 7 rings (SSSR count). The largest absolute Gasteiger partial charge is 0.197 e. The third-order valence-corrected chi connectivity index (χ3v) is 8.02. The van der Waals surface area contributed by atoms with Crippen molar-refractivity contribution in [1.82, 2.24) is 0 Å². The molecule has 2 heterocycles. The number of hydrogen-bond acceptors (Lipinski definition) is 0. The molecule has 0 fully saturated rings. The Balaban J connectivity index is 1.59. The number of hydrogen-bond donors (Lipinski definition) is 0. The van der Waals surface area contributed by atoms with E-state index >= 15 is 0 Å². The summed E-state index contributed by atoms with van der Waals surface area (Å²) in [6.45, 7) is 7.05. The van der Waals surface area contributed by atoms with Crippen molar-refractivity contribution in [2.45, 2.75) is 45.1 Å². The molecule has 150 valence electrons. The Morgan fingerprint density at radius 1 is 0.774 bits per heavy atom. The Morgan fingerprint density at radius 2 is 1.61 bits per heavy atom. The second kappa shape index (κ2) is 5.73. The van der Waals surface area contributed by atoms with Crippen molar-refractivity contribution in [3.05, 3.63) is 123 Å². The van der Waals surface area contributed by atoms with E-state index in [4.69, 9.17) is 0 Å². The van der Waals surface area contributed by atoms with Crippen LogP contribution in [0, 0.1) is 6.92 Å². The topological polar surface area (TPSA) is 3.88 Å². The number of fused-ring (bicyclic) bond motifs is 8. The average Bonchev–Trinajstić information content (AvgIpc) is 3.15. The fourth-order valence-electron chi connectivity index (χ4n) is 6.86. The maximum atomic E-state index is 2.58. The highest BCUT2D eigenvalue weighted by Gasteiger charge is 2.49. The number of rotatable bonds is 0. The molecule has 0 amide bonds. The molecule has 2 aliphatic carbocycles. The molecule has 1 aliphatic heterocycles. The van der Waals surface area contributed by atoms with Gasteiger partial charge in [-0.2, -0.15) is 4.57 Å². The summed E-state index contributed by atoms with van der Waals surface area (Å²) in [5, 5.41) is 0. The van der Waals surface area contributed by atoms with Crippen LogP contribution in [0.4, 0.5) is 0 Å². The van der Waals surface area contributed by atoms with Gasteiger partial charge in [0.1, 0.15) is 0 Å². The van der Waals surface area contributed by atoms with E-state index in [9.17, 15) is 0 Å². The SMILES string of the molecule is Cc1cccc2c1C(C)(C)[n+]1cccc3c1C2c1c(ccc2c1Cc1ccccc1-2)C3. The Labute approximate surface area is 184 Å². The van der Waals surface area contributed by atoms with Crippen LogP contribution in [0.3, 0.4) is 0 Å². The van der Waals surface area contributed by atoms with Crippen LogP contribution in [0.1, 0.15) is 70.0 Å². The molecular weight excluding hydrogens is 374 g/mol. The fourth-order valence-corrected chi connectivity index (χ4v) is 6.86. The first-order chi connectivity index (χ1) is 15.1. The zero-order valence-electron chi connectivity index (χ0n) is 18.4. The molecule has 1 heteroatoms. The quantitative estimate of drug-likeness (QED) is 0.274. The minimum absolute atomic E-state index is 0.0546. The predicted molar refractivity (Wildman–Crippen MR) is 125 cm³/mol. The lowest BCUT2D eigenvalue weighted by molar-refractivity contribution is -0.757. The van der Waals surface area contributed by atoms with Crippen LogP contribution in [0.25, 0.3) is 11.1 Å². The zero-order valence-corrected chi connectivity index (χ0v) is 18.4. The molecule has 0 saturated carbocycles. The van der Waals surface area contributed by atoms with Gasteiger partial charge in [-0.1, -0.05) is 54.6 Å². The summed E-state index contributed by atoms with van der Waals surface area (Å²) in [5.74, 6) is 0.312. The van der Waals surface area contributed by atoms with Gasteiger partial charge in [-0.25, -0.2) is 0 Å². The lowest BCUT2D eigenvalue weighted by atomic mass is 9.68. The summed E-state index contributed by atoms with van der Waals surface area (Å²) in [5.41, 5.74) is 16.3. The van der Waals surface area contributed by atoms with Crippen LogP contribution < -0.4 is 4.57 Å². The number of aryl methyl sites for hydroxylation is 1. The first kappa shape index (κ1) is 17.5. The Bertz CT molecular complexity index is 1420. The fraction of sp³-hybridized carbons (Fsp3) is 0.233. The standard InChI is InChI=1S/C30H26N/c1-18-8-6-12-24-27-26-20(13-14-23-22-11-5-4-9-19(22)17-25(23)26)16-21-10-7-15-31(29(21)27)30(2,3)28(18)24/h4-15,27H,16-17H2,1-3H3/q+1. The van der Waals surface area contributed by atoms with Crippen molar-refractivity contribution in [2.75, 3.05) is 0 Å². The first-order valence-corrected chi connectivity index (χ1v) is 11.4. The van der Waals surface area contributed by atoms with E-state index in [-0.39, 0.29) is 5.54 Å². The smallest absolute Gasteiger partial charge is 0.192 e. The summed E-state index contributed by atoms with van der Waals surface area (Å²) < 4.78 is 2.58. The maximum Gasteiger partial charge on any atom is 0.197 e. The second-order valence-electron chi connectivity index (χ2n) is 10.00. The summed E-state index contributed by atoms with van der Waals surface area (Å²) in [6.07, 6.45) is 4.39. The molecule has 3 aromatic carbocycles. The van der Waals surface area contributed by atoms with Crippen LogP contribution in [-0.4, -0.2) is 0 Å². The van der Waals surface area contributed by atoms with Crippen molar-refractivity contribution in [3.63, 3.8) is 0 Å². The van der Waals surface area contributed by atoms with Gasteiger partial charge in [0.2, 0.25) is 0 Å². The highest BCUT2D eigenvalue weighted by atomic mass is 15.1.